The van der Waals surface area contributed by atoms with Crippen LogP contribution in [0.2, 0.25) is 0 Å². The number of hydrogen-bond donors (Lipinski definition) is 0. The molecule has 5 rings (SSSR count). The third kappa shape index (κ3) is 4.37. The summed E-state index contributed by atoms with van der Waals surface area (Å²) in [7, 11) is 0. The Kier molecular flexibility index (Phi) is 5.89. The molecule has 6 heteroatoms. The van der Waals surface area contributed by atoms with Gasteiger partial charge in [-0.1, -0.05) is 54.6 Å². The van der Waals surface area contributed by atoms with Crippen LogP contribution in [0.3, 0.4) is 0 Å². The van der Waals surface area contributed by atoms with Crippen molar-refractivity contribution in [3.63, 3.8) is 0 Å². The van der Waals surface area contributed by atoms with Crippen LogP contribution in [0, 0.1) is 6.92 Å². The van der Waals surface area contributed by atoms with Gasteiger partial charge in [0.2, 0.25) is 5.91 Å². The van der Waals surface area contributed by atoms with E-state index in [2.05, 4.69) is 4.98 Å². The van der Waals surface area contributed by atoms with E-state index in [-0.39, 0.29) is 12.3 Å². The lowest BCUT2D eigenvalue weighted by molar-refractivity contribution is -0.118. The Morgan fingerprint density at radius 1 is 0.970 bits per heavy atom. The minimum Gasteiger partial charge on any atom is -0.488 e. The number of rotatable bonds is 6. The van der Waals surface area contributed by atoms with Crippen LogP contribution < -0.4 is 9.64 Å². The number of ether oxygens (including phenoxy) is 1. The molecule has 0 unspecified atom stereocenters. The van der Waals surface area contributed by atoms with Crippen LogP contribution in [0.1, 0.15) is 23.4 Å². The molecule has 0 saturated carbocycles. The van der Waals surface area contributed by atoms with E-state index < -0.39 is 0 Å². The second-order valence-corrected chi connectivity index (χ2v) is 8.17. The molecule has 0 saturated heterocycles. The first-order valence-corrected chi connectivity index (χ1v) is 11.2. The maximum absolute atomic E-state index is 13.3. The molecule has 33 heavy (non-hydrogen) atoms. The van der Waals surface area contributed by atoms with Crippen molar-refractivity contribution in [2.75, 3.05) is 11.4 Å². The molecule has 3 heterocycles. The highest BCUT2D eigenvalue weighted by Gasteiger charge is 2.30. The van der Waals surface area contributed by atoms with Gasteiger partial charge in [-0.05, 0) is 37.1 Å². The fourth-order valence-corrected chi connectivity index (χ4v) is 4.33. The Bertz CT molecular complexity index is 1250. The molecule has 0 radical (unpaired) electrons. The van der Waals surface area contributed by atoms with Crippen molar-refractivity contribution in [2.24, 2.45) is 0 Å². The number of carbonyl (C=O) groups is 1. The smallest absolute Gasteiger partial charge is 0.234 e. The molecule has 1 amide bonds. The lowest BCUT2D eigenvalue weighted by Gasteiger charge is -2.29. The second kappa shape index (κ2) is 9.28. The Labute approximate surface area is 193 Å². The molecule has 1 aliphatic heterocycles. The van der Waals surface area contributed by atoms with Crippen LogP contribution >= 0.6 is 0 Å². The maximum Gasteiger partial charge on any atom is 0.234 e. The molecule has 6 nitrogen and oxygen atoms in total. The van der Waals surface area contributed by atoms with Gasteiger partial charge in [0.25, 0.3) is 0 Å². The molecule has 166 valence electrons. The van der Waals surface area contributed by atoms with Gasteiger partial charge in [-0.15, -0.1) is 0 Å². The summed E-state index contributed by atoms with van der Waals surface area (Å²) in [4.78, 5) is 19.5. The van der Waals surface area contributed by atoms with Gasteiger partial charge in [-0.25, -0.2) is 4.68 Å². The topological polar surface area (TPSA) is 60.2 Å². The van der Waals surface area contributed by atoms with Gasteiger partial charge >= 0.3 is 0 Å². The van der Waals surface area contributed by atoms with Gasteiger partial charge in [-0.2, -0.15) is 5.10 Å². The summed E-state index contributed by atoms with van der Waals surface area (Å²) < 4.78 is 8.19. The number of carbonyl (C=O) groups excluding carboxylic acids is 1. The molecule has 0 atom stereocenters. The fraction of sp³-hybridized carbons (Fsp3) is 0.222. The number of para-hydroxylation sites is 1. The highest BCUT2D eigenvalue weighted by atomic mass is 16.5. The van der Waals surface area contributed by atoms with Gasteiger partial charge in [0.1, 0.15) is 18.2 Å². The lowest BCUT2D eigenvalue weighted by atomic mass is 10.0. The van der Waals surface area contributed by atoms with Crippen LogP contribution in [-0.4, -0.2) is 27.2 Å². The molecule has 2 aromatic heterocycles. The SMILES string of the molecule is Cc1nn2c(c1-c1ccccc1OCc1ccccc1)N(C(=O)Cc1ccccn1)CCC2. The van der Waals surface area contributed by atoms with Crippen LogP contribution in [0.25, 0.3) is 11.1 Å². The summed E-state index contributed by atoms with van der Waals surface area (Å²) >= 11 is 0. The molecule has 1 aliphatic rings. The van der Waals surface area contributed by atoms with Crippen molar-refractivity contribution < 1.29 is 9.53 Å². The molecular formula is C27H26N4O2. The van der Waals surface area contributed by atoms with E-state index >= 15 is 0 Å². The van der Waals surface area contributed by atoms with E-state index in [1.165, 1.54) is 0 Å². The van der Waals surface area contributed by atoms with Crippen LogP contribution in [0.4, 0.5) is 5.82 Å². The third-order valence-electron chi connectivity index (χ3n) is 5.86. The number of amides is 1. The highest BCUT2D eigenvalue weighted by molar-refractivity contribution is 5.99. The van der Waals surface area contributed by atoms with E-state index in [0.29, 0.717) is 13.2 Å². The molecule has 0 fully saturated rings. The number of aromatic nitrogens is 3. The average molecular weight is 439 g/mol. The summed E-state index contributed by atoms with van der Waals surface area (Å²) in [5.74, 6) is 1.65. The maximum atomic E-state index is 13.3. The standard InChI is InChI=1S/C27H26N4O2/c1-20-26(23-13-5-6-14-24(23)33-19-21-10-3-2-4-11-21)27-30(16-9-17-31(27)29-20)25(32)18-22-12-7-8-15-28-22/h2-8,10-15H,9,16-19H2,1H3. The Hall–Kier alpha value is -3.93. The summed E-state index contributed by atoms with van der Waals surface area (Å²) in [5.41, 5.74) is 4.66. The molecule has 4 aromatic rings. The van der Waals surface area contributed by atoms with Gasteiger partial charge in [0.15, 0.2) is 0 Å². The monoisotopic (exact) mass is 438 g/mol. The summed E-state index contributed by atoms with van der Waals surface area (Å²) in [5, 5.41) is 4.78. The van der Waals surface area contributed by atoms with Crippen molar-refractivity contribution in [1.29, 1.82) is 0 Å². The fourth-order valence-electron chi connectivity index (χ4n) is 4.33. The average Bonchev–Trinajstić information content (AvgIpc) is 3.19. The number of fused-ring (bicyclic) bond motifs is 1. The minimum absolute atomic E-state index is 0.0264. The van der Waals surface area contributed by atoms with Crippen LogP contribution in [0.5, 0.6) is 5.75 Å². The minimum atomic E-state index is 0.0264. The molecule has 2 aromatic carbocycles. The first-order chi connectivity index (χ1) is 16.2. The van der Waals surface area contributed by atoms with Crippen LogP contribution in [0.15, 0.2) is 79.0 Å². The van der Waals surface area contributed by atoms with Crippen molar-refractivity contribution in [3.05, 3.63) is 95.9 Å². The lowest BCUT2D eigenvalue weighted by Crippen LogP contribution is -2.39. The van der Waals surface area contributed by atoms with Gasteiger partial charge in [0, 0.05) is 30.5 Å². The molecule has 0 N–H and O–H groups in total. The quantitative estimate of drug-likeness (QED) is 0.433. The number of nitrogens with zero attached hydrogens (tertiary/aromatic N) is 4. The largest absolute Gasteiger partial charge is 0.488 e. The van der Waals surface area contributed by atoms with Crippen molar-refractivity contribution in [3.8, 4) is 16.9 Å². The van der Waals surface area contributed by atoms with E-state index in [4.69, 9.17) is 9.84 Å². The zero-order chi connectivity index (χ0) is 22.6. The summed E-state index contributed by atoms with van der Waals surface area (Å²) in [6.45, 7) is 3.92. The summed E-state index contributed by atoms with van der Waals surface area (Å²) in [6.07, 6.45) is 2.85. The van der Waals surface area contributed by atoms with E-state index in [0.717, 1.165) is 52.6 Å². The first-order valence-electron chi connectivity index (χ1n) is 11.2. The predicted molar refractivity (Wildman–Crippen MR) is 128 cm³/mol. The van der Waals surface area contributed by atoms with Gasteiger partial charge in [-0.3, -0.25) is 14.7 Å². The molecular weight excluding hydrogens is 412 g/mol. The Morgan fingerprint density at radius 3 is 2.58 bits per heavy atom. The van der Waals surface area contributed by atoms with Gasteiger partial charge < -0.3 is 4.74 Å². The number of aryl methyl sites for hydroxylation is 2. The molecule has 0 aliphatic carbocycles. The normalized spacial score (nSPS) is 12.9. The van der Waals surface area contributed by atoms with E-state index in [1.807, 2.05) is 89.3 Å². The van der Waals surface area contributed by atoms with Crippen molar-refractivity contribution in [2.45, 2.75) is 32.9 Å². The van der Waals surface area contributed by atoms with E-state index in [1.54, 1.807) is 6.20 Å². The van der Waals surface area contributed by atoms with E-state index in [9.17, 15) is 4.79 Å². The number of hydrogen-bond acceptors (Lipinski definition) is 4. The summed E-state index contributed by atoms with van der Waals surface area (Å²) in [6, 6.07) is 23.8. The first kappa shape index (κ1) is 20.9. The van der Waals surface area contributed by atoms with Crippen LogP contribution in [-0.2, 0) is 24.4 Å². The van der Waals surface area contributed by atoms with Crippen molar-refractivity contribution in [1.82, 2.24) is 14.8 Å². The highest BCUT2D eigenvalue weighted by Crippen LogP contribution is 2.41. The number of benzene rings is 2. The second-order valence-electron chi connectivity index (χ2n) is 8.17. The zero-order valence-corrected chi connectivity index (χ0v) is 18.6. The predicted octanol–water partition coefficient (Wildman–Crippen LogP) is 4.81. The van der Waals surface area contributed by atoms with Crippen molar-refractivity contribution >= 4 is 11.7 Å². The molecule has 0 bridgehead atoms. The Morgan fingerprint density at radius 2 is 1.76 bits per heavy atom. The third-order valence-corrected chi connectivity index (χ3v) is 5.86. The Balaban J connectivity index is 1.49. The number of anilines is 1. The molecule has 0 spiro atoms. The number of pyridine rings is 1. The van der Waals surface area contributed by atoms with Gasteiger partial charge in [0.05, 0.1) is 17.7 Å². The zero-order valence-electron chi connectivity index (χ0n) is 18.6.